The van der Waals surface area contributed by atoms with Gasteiger partial charge in [-0.25, -0.2) is 0 Å². The Hall–Kier alpha value is -1.01. The molecule has 0 radical (unpaired) electrons. The van der Waals surface area contributed by atoms with Gasteiger partial charge >= 0.3 is 0 Å². The lowest BCUT2D eigenvalue weighted by Gasteiger charge is -2.26. The van der Waals surface area contributed by atoms with E-state index in [9.17, 15) is 0 Å². The predicted molar refractivity (Wildman–Crippen MR) is 51.2 cm³/mol. The van der Waals surface area contributed by atoms with Gasteiger partial charge in [0, 0.05) is 12.1 Å². The number of nitrogens with zero attached hydrogens (tertiary/aromatic N) is 3. The molecular weight excluding hydrogens is 180 g/mol. The van der Waals surface area contributed by atoms with Gasteiger partial charge in [0.25, 0.3) is 0 Å². The van der Waals surface area contributed by atoms with Crippen LogP contribution in [0, 0.1) is 0 Å². The van der Waals surface area contributed by atoms with Crippen molar-refractivity contribution in [2.75, 3.05) is 0 Å². The van der Waals surface area contributed by atoms with Crippen LogP contribution in [0.2, 0.25) is 0 Å². The summed E-state index contributed by atoms with van der Waals surface area (Å²) in [6.07, 6.45) is 4.53. The Morgan fingerprint density at radius 3 is 2.79 bits per heavy atom. The Morgan fingerprint density at radius 1 is 1.36 bits per heavy atom. The van der Waals surface area contributed by atoms with Gasteiger partial charge in [-0.3, -0.25) is 0 Å². The number of hydrogen-bond donors (Lipinski definition) is 3. The minimum Gasteiger partial charge on any atom is -0.328 e. The van der Waals surface area contributed by atoms with Crippen molar-refractivity contribution < 1.29 is 0 Å². The van der Waals surface area contributed by atoms with Crippen LogP contribution in [-0.2, 0) is 6.54 Å². The van der Waals surface area contributed by atoms with Gasteiger partial charge in [0.2, 0.25) is 0 Å². The molecule has 2 rings (SSSR count). The molecule has 1 saturated carbocycles. The normalized spacial score (nSPS) is 27.8. The van der Waals surface area contributed by atoms with E-state index in [2.05, 4.69) is 25.9 Å². The molecule has 1 aromatic rings. The molecule has 0 amide bonds. The van der Waals surface area contributed by atoms with Gasteiger partial charge in [0.1, 0.15) is 0 Å². The van der Waals surface area contributed by atoms with Crippen molar-refractivity contribution in [3.8, 4) is 0 Å². The molecule has 0 aliphatic heterocycles. The van der Waals surface area contributed by atoms with Crippen molar-refractivity contribution in [1.82, 2.24) is 25.9 Å². The monoisotopic (exact) mass is 196 g/mol. The van der Waals surface area contributed by atoms with Crippen LogP contribution in [0.4, 0.5) is 0 Å². The van der Waals surface area contributed by atoms with Crippen molar-refractivity contribution >= 4 is 0 Å². The molecule has 4 N–H and O–H groups in total. The van der Waals surface area contributed by atoms with Gasteiger partial charge < -0.3 is 11.1 Å². The fraction of sp³-hybridized carbons (Fsp3) is 0.875. The van der Waals surface area contributed by atoms with Crippen molar-refractivity contribution in [3.05, 3.63) is 5.82 Å². The van der Waals surface area contributed by atoms with Gasteiger partial charge in [-0.1, -0.05) is 5.21 Å². The summed E-state index contributed by atoms with van der Waals surface area (Å²) in [5.41, 5.74) is 5.82. The summed E-state index contributed by atoms with van der Waals surface area (Å²) in [4.78, 5) is 0. The second kappa shape index (κ2) is 4.47. The van der Waals surface area contributed by atoms with Crippen LogP contribution in [0.3, 0.4) is 0 Å². The summed E-state index contributed by atoms with van der Waals surface area (Å²) in [6.45, 7) is 0.691. The summed E-state index contributed by atoms with van der Waals surface area (Å²) < 4.78 is 0. The molecule has 1 aliphatic carbocycles. The smallest absolute Gasteiger partial charge is 0.188 e. The van der Waals surface area contributed by atoms with Crippen molar-refractivity contribution in [2.24, 2.45) is 5.73 Å². The maximum absolute atomic E-state index is 5.82. The Morgan fingerprint density at radius 2 is 2.14 bits per heavy atom. The quantitative estimate of drug-likeness (QED) is 0.609. The van der Waals surface area contributed by atoms with E-state index in [-0.39, 0.29) is 0 Å². The molecule has 0 atom stereocenters. The first kappa shape index (κ1) is 9.54. The van der Waals surface area contributed by atoms with Crippen LogP contribution in [0.1, 0.15) is 31.5 Å². The second-order valence-electron chi connectivity index (χ2n) is 3.82. The van der Waals surface area contributed by atoms with E-state index in [0.29, 0.717) is 18.6 Å². The highest BCUT2D eigenvalue weighted by Gasteiger charge is 2.17. The minimum absolute atomic E-state index is 0.401. The summed E-state index contributed by atoms with van der Waals surface area (Å²) in [6, 6.07) is 0.964. The Kier molecular flexibility index (Phi) is 3.05. The first-order valence-electron chi connectivity index (χ1n) is 5.06. The highest BCUT2D eigenvalue weighted by molar-refractivity contribution is 4.82. The average Bonchev–Trinajstić information content (AvgIpc) is 2.70. The van der Waals surface area contributed by atoms with Crippen LogP contribution < -0.4 is 11.1 Å². The molecule has 78 valence electrons. The van der Waals surface area contributed by atoms with Crippen LogP contribution in [0.5, 0.6) is 0 Å². The third kappa shape index (κ3) is 2.49. The number of H-pyrrole nitrogens is 1. The van der Waals surface area contributed by atoms with Crippen LogP contribution >= 0.6 is 0 Å². The topological polar surface area (TPSA) is 92.5 Å². The zero-order valence-corrected chi connectivity index (χ0v) is 8.11. The van der Waals surface area contributed by atoms with Gasteiger partial charge in [-0.15, -0.1) is 10.2 Å². The predicted octanol–water partition coefficient (Wildman–Crippen LogP) is -0.441. The number of aromatic nitrogens is 4. The molecule has 1 aromatic heterocycles. The number of aromatic amines is 1. The summed E-state index contributed by atoms with van der Waals surface area (Å²) in [5, 5.41) is 17.1. The van der Waals surface area contributed by atoms with Crippen molar-refractivity contribution in [1.29, 1.82) is 0 Å². The Balaban J connectivity index is 1.71. The molecule has 0 saturated heterocycles. The highest BCUT2D eigenvalue weighted by Crippen LogP contribution is 2.16. The molecular formula is C8H16N6. The van der Waals surface area contributed by atoms with E-state index in [0.717, 1.165) is 31.5 Å². The van der Waals surface area contributed by atoms with Crippen molar-refractivity contribution in [2.45, 2.75) is 44.3 Å². The van der Waals surface area contributed by atoms with Crippen LogP contribution in [-0.4, -0.2) is 32.7 Å². The molecule has 0 unspecified atom stereocenters. The molecule has 0 bridgehead atoms. The second-order valence-corrected chi connectivity index (χ2v) is 3.82. The molecule has 6 heteroatoms. The molecule has 14 heavy (non-hydrogen) atoms. The first-order chi connectivity index (χ1) is 6.84. The van der Waals surface area contributed by atoms with E-state index < -0.39 is 0 Å². The standard InChI is InChI=1S/C8H16N6/c9-6-1-3-7(4-2-6)10-5-8-11-13-14-12-8/h6-7,10H,1-5,9H2,(H,11,12,13,14). The first-order valence-corrected chi connectivity index (χ1v) is 5.06. The van der Waals surface area contributed by atoms with Crippen molar-refractivity contribution in [3.63, 3.8) is 0 Å². The molecule has 1 aliphatic rings. The number of tetrazole rings is 1. The summed E-state index contributed by atoms with van der Waals surface area (Å²) in [5.74, 6) is 0.722. The third-order valence-electron chi connectivity index (χ3n) is 2.71. The number of hydrogen-bond acceptors (Lipinski definition) is 5. The zero-order chi connectivity index (χ0) is 9.80. The molecule has 0 spiro atoms. The minimum atomic E-state index is 0.401. The lowest BCUT2D eigenvalue weighted by molar-refractivity contribution is 0.339. The van der Waals surface area contributed by atoms with Gasteiger partial charge in [-0.2, -0.15) is 5.21 Å². The van der Waals surface area contributed by atoms with E-state index in [1.54, 1.807) is 0 Å². The van der Waals surface area contributed by atoms with Gasteiger partial charge in [0.15, 0.2) is 5.82 Å². The fourth-order valence-electron chi connectivity index (χ4n) is 1.82. The number of rotatable bonds is 3. The average molecular weight is 196 g/mol. The van der Waals surface area contributed by atoms with E-state index in [4.69, 9.17) is 5.73 Å². The zero-order valence-electron chi connectivity index (χ0n) is 8.11. The largest absolute Gasteiger partial charge is 0.328 e. The van der Waals surface area contributed by atoms with Gasteiger partial charge in [-0.05, 0) is 25.7 Å². The molecule has 1 heterocycles. The van der Waals surface area contributed by atoms with E-state index in [1.165, 1.54) is 0 Å². The third-order valence-corrected chi connectivity index (χ3v) is 2.71. The molecule has 1 fully saturated rings. The Bertz CT molecular complexity index is 251. The maximum atomic E-state index is 5.82. The lowest BCUT2D eigenvalue weighted by atomic mass is 9.92. The fourth-order valence-corrected chi connectivity index (χ4v) is 1.82. The highest BCUT2D eigenvalue weighted by atomic mass is 15.5. The molecule has 0 aromatic carbocycles. The van der Waals surface area contributed by atoms with E-state index in [1.807, 2.05) is 0 Å². The lowest BCUT2D eigenvalue weighted by Crippen LogP contribution is -2.37. The summed E-state index contributed by atoms with van der Waals surface area (Å²) in [7, 11) is 0. The maximum Gasteiger partial charge on any atom is 0.188 e. The number of nitrogens with one attached hydrogen (secondary N) is 2. The van der Waals surface area contributed by atoms with Crippen LogP contribution in [0.25, 0.3) is 0 Å². The van der Waals surface area contributed by atoms with Crippen LogP contribution in [0.15, 0.2) is 0 Å². The SMILES string of the molecule is NC1CCC(NCc2nn[nH]n2)CC1. The Labute approximate surface area is 82.6 Å². The number of nitrogens with two attached hydrogens (primary N) is 1. The summed E-state index contributed by atoms with van der Waals surface area (Å²) >= 11 is 0. The van der Waals surface area contributed by atoms with E-state index >= 15 is 0 Å². The van der Waals surface area contributed by atoms with Gasteiger partial charge in [0.05, 0.1) is 6.54 Å². The molecule has 6 nitrogen and oxygen atoms in total.